The summed E-state index contributed by atoms with van der Waals surface area (Å²) in [5, 5.41) is 17.6. The van der Waals surface area contributed by atoms with Crippen molar-refractivity contribution >= 4 is 23.2 Å². The van der Waals surface area contributed by atoms with Gasteiger partial charge in [0.25, 0.3) is 0 Å². The summed E-state index contributed by atoms with van der Waals surface area (Å²) in [6, 6.07) is 0.321. The lowest BCUT2D eigenvalue weighted by molar-refractivity contribution is -0.424. The fraction of sp³-hybridized carbons (Fsp3) is 0.692. The maximum Gasteiger partial charge on any atom is 0.334 e. The molecule has 0 bridgehead atoms. The first-order valence-electron chi connectivity index (χ1n) is 7.14. The van der Waals surface area contributed by atoms with E-state index >= 15 is 0 Å². The summed E-state index contributed by atoms with van der Waals surface area (Å²) in [5.41, 5.74) is 0.230. The Hall–Kier alpha value is -1.14. The van der Waals surface area contributed by atoms with Crippen LogP contribution in [0.15, 0.2) is 21.7 Å². The smallest absolute Gasteiger partial charge is 0.334 e. The third-order valence-corrected chi connectivity index (χ3v) is 4.36. The van der Waals surface area contributed by atoms with Crippen LogP contribution < -0.4 is 10.6 Å². The fourth-order valence-electron chi connectivity index (χ4n) is 3.07. The van der Waals surface area contributed by atoms with Crippen LogP contribution in [0, 0.1) is 10.1 Å². The van der Waals surface area contributed by atoms with Gasteiger partial charge in [-0.25, -0.2) is 0 Å². The number of likely N-dealkylation sites (tertiary alicyclic amines) is 1. The summed E-state index contributed by atoms with van der Waals surface area (Å²) >= 11 is 12.1. The lowest BCUT2D eigenvalue weighted by Gasteiger charge is -2.41. The summed E-state index contributed by atoms with van der Waals surface area (Å²) in [4.78, 5) is 13.1. The molecule has 2 rings (SSSR count). The maximum atomic E-state index is 11.6. The number of nitrogens with one attached hydrogen (secondary N) is 2. The number of piperidine rings is 1. The van der Waals surface area contributed by atoms with Gasteiger partial charge in [0.2, 0.25) is 0 Å². The Morgan fingerprint density at radius 2 is 1.76 bits per heavy atom. The van der Waals surface area contributed by atoms with Gasteiger partial charge in [0.05, 0.1) is 4.92 Å². The summed E-state index contributed by atoms with van der Waals surface area (Å²) in [5.74, 6) is 0.388. The maximum absolute atomic E-state index is 11.6. The molecule has 2 saturated heterocycles. The van der Waals surface area contributed by atoms with Gasteiger partial charge in [0.1, 0.15) is 4.49 Å². The predicted octanol–water partition coefficient (Wildman–Crippen LogP) is 2.53. The summed E-state index contributed by atoms with van der Waals surface area (Å²) in [6.45, 7) is 5.38. The standard InChI is InChI=1S/C13H20Cl2N4O2/c1-8-4-3-5-9(2)18(8)10(12(14)15)11(19(20)21)13-16-6-7-17-13/h8-9,16-17H,3-7H2,1-2H3. The zero-order valence-electron chi connectivity index (χ0n) is 12.2. The van der Waals surface area contributed by atoms with Crippen LogP contribution in [-0.4, -0.2) is 35.0 Å². The van der Waals surface area contributed by atoms with Crippen LogP contribution in [-0.2, 0) is 0 Å². The lowest BCUT2D eigenvalue weighted by Crippen LogP contribution is -2.44. The van der Waals surface area contributed by atoms with Crippen molar-refractivity contribution in [3.05, 3.63) is 31.8 Å². The molecule has 0 aromatic carbocycles. The van der Waals surface area contributed by atoms with Crippen LogP contribution in [0.3, 0.4) is 0 Å². The molecule has 0 saturated carbocycles. The van der Waals surface area contributed by atoms with Gasteiger partial charge < -0.3 is 15.5 Å². The molecular formula is C13H20Cl2N4O2. The Labute approximate surface area is 134 Å². The van der Waals surface area contributed by atoms with Crippen LogP contribution in [0.4, 0.5) is 0 Å². The molecule has 2 aliphatic rings. The zero-order valence-corrected chi connectivity index (χ0v) is 13.7. The molecule has 2 unspecified atom stereocenters. The van der Waals surface area contributed by atoms with E-state index in [2.05, 4.69) is 10.6 Å². The summed E-state index contributed by atoms with van der Waals surface area (Å²) < 4.78 is -0.0645. The van der Waals surface area contributed by atoms with E-state index in [1.165, 1.54) is 0 Å². The average Bonchev–Trinajstić information content (AvgIpc) is 2.90. The van der Waals surface area contributed by atoms with E-state index in [1.807, 2.05) is 18.7 Å². The first-order chi connectivity index (χ1) is 9.93. The molecular weight excluding hydrogens is 315 g/mol. The number of nitrogens with zero attached hydrogens (tertiary/aromatic N) is 2. The summed E-state index contributed by atoms with van der Waals surface area (Å²) in [6.07, 6.45) is 3.04. The minimum absolute atomic E-state index is 0.0645. The Bertz CT molecular complexity index is 471. The van der Waals surface area contributed by atoms with Crippen molar-refractivity contribution in [2.45, 2.75) is 45.2 Å². The van der Waals surface area contributed by atoms with Crippen molar-refractivity contribution in [1.82, 2.24) is 15.5 Å². The molecule has 2 heterocycles. The quantitative estimate of drug-likeness (QED) is 0.613. The second-order valence-electron chi connectivity index (χ2n) is 5.48. The van der Waals surface area contributed by atoms with Gasteiger partial charge in [-0.3, -0.25) is 10.1 Å². The average molecular weight is 335 g/mol. The minimum Gasteiger partial charge on any atom is -0.364 e. The Morgan fingerprint density at radius 3 is 2.19 bits per heavy atom. The van der Waals surface area contributed by atoms with Crippen LogP contribution in [0.2, 0.25) is 0 Å². The highest BCUT2D eigenvalue weighted by Gasteiger charge is 2.37. The minimum atomic E-state index is -0.422. The van der Waals surface area contributed by atoms with Crippen LogP contribution in [0.1, 0.15) is 33.1 Å². The van der Waals surface area contributed by atoms with Crippen molar-refractivity contribution in [2.24, 2.45) is 0 Å². The van der Waals surface area contributed by atoms with Crippen molar-refractivity contribution < 1.29 is 4.92 Å². The molecule has 8 heteroatoms. The molecule has 0 spiro atoms. The number of halogens is 2. The van der Waals surface area contributed by atoms with Crippen LogP contribution >= 0.6 is 23.2 Å². The number of hydrogen-bond donors (Lipinski definition) is 2. The molecule has 0 amide bonds. The second kappa shape index (κ2) is 6.75. The molecule has 6 nitrogen and oxygen atoms in total. The van der Waals surface area contributed by atoms with Crippen molar-refractivity contribution in [3.8, 4) is 0 Å². The van der Waals surface area contributed by atoms with Crippen LogP contribution in [0.5, 0.6) is 0 Å². The lowest BCUT2D eigenvalue weighted by atomic mass is 9.96. The van der Waals surface area contributed by atoms with E-state index in [4.69, 9.17) is 23.2 Å². The zero-order chi connectivity index (χ0) is 15.6. The third kappa shape index (κ3) is 3.37. The highest BCUT2D eigenvalue weighted by Crippen LogP contribution is 2.35. The first kappa shape index (κ1) is 16.2. The Kier molecular flexibility index (Phi) is 5.22. The fourth-order valence-corrected chi connectivity index (χ4v) is 3.45. The van der Waals surface area contributed by atoms with Gasteiger partial charge in [0, 0.05) is 25.2 Å². The molecule has 0 radical (unpaired) electrons. The van der Waals surface area contributed by atoms with E-state index < -0.39 is 4.92 Å². The molecule has 2 aliphatic heterocycles. The van der Waals surface area contributed by atoms with Gasteiger partial charge in [-0.1, -0.05) is 23.2 Å². The van der Waals surface area contributed by atoms with E-state index in [0.717, 1.165) is 19.3 Å². The Morgan fingerprint density at radius 1 is 1.24 bits per heavy atom. The topological polar surface area (TPSA) is 70.4 Å². The number of rotatable bonds is 3. The van der Waals surface area contributed by atoms with E-state index in [-0.39, 0.29) is 22.3 Å². The highest BCUT2D eigenvalue weighted by atomic mass is 35.5. The van der Waals surface area contributed by atoms with Crippen molar-refractivity contribution in [3.63, 3.8) is 0 Å². The van der Waals surface area contributed by atoms with Gasteiger partial charge in [-0.05, 0) is 33.1 Å². The van der Waals surface area contributed by atoms with Gasteiger partial charge >= 0.3 is 5.70 Å². The van der Waals surface area contributed by atoms with Gasteiger partial charge in [-0.15, -0.1) is 0 Å². The Balaban J connectivity index is 2.49. The van der Waals surface area contributed by atoms with Gasteiger partial charge in [0.15, 0.2) is 11.5 Å². The normalized spacial score (nSPS) is 25.1. The molecule has 0 aliphatic carbocycles. The molecule has 0 aromatic heterocycles. The van der Waals surface area contributed by atoms with Crippen LogP contribution in [0.25, 0.3) is 0 Å². The molecule has 0 aromatic rings. The van der Waals surface area contributed by atoms with Crippen molar-refractivity contribution in [2.75, 3.05) is 13.1 Å². The van der Waals surface area contributed by atoms with Gasteiger partial charge in [-0.2, -0.15) is 0 Å². The largest absolute Gasteiger partial charge is 0.364 e. The molecule has 21 heavy (non-hydrogen) atoms. The monoisotopic (exact) mass is 334 g/mol. The van der Waals surface area contributed by atoms with E-state index in [1.54, 1.807) is 0 Å². The van der Waals surface area contributed by atoms with E-state index in [9.17, 15) is 10.1 Å². The first-order valence-corrected chi connectivity index (χ1v) is 7.89. The predicted molar refractivity (Wildman–Crippen MR) is 83.4 cm³/mol. The molecule has 2 N–H and O–H groups in total. The number of nitro groups is 1. The summed E-state index contributed by atoms with van der Waals surface area (Å²) in [7, 11) is 0. The van der Waals surface area contributed by atoms with E-state index in [0.29, 0.717) is 24.6 Å². The SMILES string of the molecule is CC1CCCC(C)N1C(=C(Cl)Cl)C(=C1NCCN1)[N+](=O)[O-]. The highest BCUT2D eigenvalue weighted by molar-refractivity contribution is 6.56. The molecule has 2 fully saturated rings. The van der Waals surface area contributed by atoms with Crippen molar-refractivity contribution in [1.29, 1.82) is 0 Å². The molecule has 2 atom stereocenters. The molecule has 118 valence electrons. The second-order valence-corrected chi connectivity index (χ2v) is 6.43. The number of hydrogen-bond acceptors (Lipinski definition) is 5. The third-order valence-electron chi connectivity index (χ3n) is 4.00.